The molecule has 0 aliphatic carbocycles. The Labute approximate surface area is 154 Å². The number of hydrogen-bond acceptors (Lipinski definition) is 4. The van der Waals surface area contributed by atoms with Gasteiger partial charge in [0.05, 0.1) is 12.2 Å². The fourth-order valence-electron chi connectivity index (χ4n) is 4.36. The van der Waals surface area contributed by atoms with Crippen molar-refractivity contribution >= 4 is 11.6 Å². The maximum Gasteiger partial charge on any atom is 0.274 e. The summed E-state index contributed by atoms with van der Waals surface area (Å²) in [5.74, 6) is 0.0585. The summed E-state index contributed by atoms with van der Waals surface area (Å²) in [6.45, 7) is 9.92. The topological polar surface area (TPSA) is 50.1 Å². The SMILES string of the molecule is Cc1ccn2cc(C(=O)N3CCC[C@@H]3CN3C[C@@H](C)O[C@@H](C)C3)nc2c1. The summed E-state index contributed by atoms with van der Waals surface area (Å²) < 4.78 is 7.76. The Bertz CT molecular complexity index is 792. The van der Waals surface area contributed by atoms with Gasteiger partial charge in [0.15, 0.2) is 0 Å². The zero-order valence-corrected chi connectivity index (χ0v) is 15.9. The normalized spacial score (nSPS) is 27.3. The van der Waals surface area contributed by atoms with Gasteiger partial charge in [0, 0.05) is 44.6 Å². The maximum absolute atomic E-state index is 13.1. The molecule has 0 aromatic carbocycles. The van der Waals surface area contributed by atoms with E-state index in [1.807, 2.05) is 40.8 Å². The molecule has 3 atom stereocenters. The quantitative estimate of drug-likeness (QED) is 0.847. The molecule has 6 heteroatoms. The first-order valence-corrected chi connectivity index (χ1v) is 9.64. The number of aryl methyl sites for hydroxylation is 1. The molecule has 0 unspecified atom stereocenters. The average Bonchev–Trinajstić information content (AvgIpc) is 3.19. The van der Waals surface area contributed by atoms with Crippen LogP contribution in [0.2, 0.25) is 0 Å². The van der Waals surface area contributed by atoms with Crippen molar-refractivity contribution in [1.82, 2.24) is 19.2 Å². The third-order valence-electron chi connectivity index (χ3n) is 5.44. The highest BCUT2D eigenvalue weighted by Gasteiger charge is 2.33. The molecule has 140 valence electrons. The molecule has 6 nitrogen and oxygen atoms in total. The smallest absolute Gasteiger partial charge is 0.274 e. The number of likely N-dealkylation sites (tertiary alicyclic amines) is 1. The highest BCUT2D eigenvalue weighted by atomic mass is 16.5. The molecular formula is C20H28N4O2. The number of rotatable bonds is 3. The van der Waals surface area contributed by atoms with Gasteiger partial charge in [0.25, 0.3) is 5.91 Å². The zero-order chi connectivity index (χ0) is 18.3. The first kappa shape index (κ1) is 17.5. The maximum atomic E-state index is 13.1. The van der Waals surface area contributed by atoms with Crippen molar-refractivity contribution in [2.24, 2.45) is 0 Å². The number of imidazole rings is 1. The predicted octanol–water partition coefficient (Wildman–Crippen LogP) is 2.36. The molecule has 0 N–H and O–H groups in total. The van der Waals surface area contributed by atoms with E-state index in [9.17, 15) is 4.79 Å². The van der Waals surface area contributed by atoms with Crippen molar-refractivity contribution in [2.45, 2.75) is 51.9 Å². The zero-order valence-electron chi connectivity index (χ0n) is 15.9. The van der Waals surface area contributed by atoms with Crippen LogP contribution in [0.5, 0.6) is 0 Å². The molecule has 2 saturated heterocycles. The molecule has 0 saturated carbocycles. The van der Waals surface area contributed by atoms with Gasteiger partial charge in [0.2, 0.25) is 0 Å². The van der Waals surface area contributed by atoms with Crippen LogP contribution >= 0.6 is 0 Å². The molecule has 2 aliphatic rings. The Morgan fingerprint density at radius 3 is 2.85 bits per heavy atom. The van der Waals surface area contributed by atoms with Crippen LogP contribution in [0, 0.1) is 6.92 Å². The highest BCUT2D eigenvalue weighted by Crippen LogP contribution is 2.23. The van der Waals surface area contributed by atoms with Gasteiger partial charge in [-0.3, -0.25) is 9.69 Å². The van der Waals surface area contributed by atoms with Crippen molar-refractivity contribution in [1.29, 1.82) is 0 Å². The summed E-state index contributed by atoms with van der Waals surface area (Å²) in [5, 5.41) is 0. The van der Waals surface area contributed by atoms with E-state index in [4.69, 9.17) is 4.74 Å². The second-order valence-corrected chi connectivity index (χ2v) is 7.87. The minimum absolute atomic E-state index is 0.0585. The fraction of sp³-hybridized carbons (Fsp3) is 0.600. The number of fused-ring (bicyclic) bond motifs is 1. The van der Waals surface area contributed by atoms with E-state index >= 15 is 0 Å². The molecule has 0 radical (unpaired) electrons. The largest absolute Gasteiger partial charge is 0.373 e. The van der Waals surface area contributed by atoms with E-state index in [0.29, 0.717) is 5.69 Å². The standard InChI is InChI=1S/C20H28N4O2/c1-14-6-8-23-13-18(21-19(23)9-14)20(25)24-7-4-5-17(24)12-22-10-15(2)26-16(3)11-22/h6,8-9,13,15-17H,4-5,7,10-12H2,1-3H3/t15-,16+,17-/m1/s1. The third kappa shape index (κ3) is 3.48. The van der Waals surface area contributed by atoms with Gasteiger partial charge in [0.1, 0.15) is 11.3 Å². The van der Waals surface area contributed by atoms with Crippen molar-refractivity contribution in [3.05, 3.63) is 35.8 Å². The Balaban J connectivity index is 1.49. The minimum atomic E-state index is 0.0585. The lowest BCUT2D eigenvalue weighted by Crippen LogP contribution is -2.51. The minimum Gasteiger partial charge on any atom is -0.373 e. The van der Waals surface area contributed by atoms with Crippen LogP contribution in [-0.4, -0.2) is 69.5 Å². The summed E-state index contributed by atoms with van der Waals surface area (Å²) in [6.07, 6.45) is 6.46. The lowest BCUT2D eigenvalue weighted by Gasteiger charge is -2.38. The summed E-state index contributed by atoms with van der Waals surface area (Å²) >= 11 is 0. The van der Waals surface area contributed by atoms with Crippen LogP contribution in [0.3, 0.4) is 0 Å². The summed E-state index contributed by atoms with van der Waals surface area (Å²) in [7, 11) is 0. The number of carbonyl (C=O) groups excluding carboxylic acids is 1. The molecule has 26 heavy (non-hydrogen) atoms. The van der Waals surface area contributed by atoms with E-state index in [1.54, 1.807) is 0 Å². The van der Waals surface area contributed by atoms with Gasteiger partial charge in [-0.25, -0.2) is 4.98 Å². The Morgan fingerprint density at radius 2 is 2.08 bits per heavy atom. The number of pyridine rings is 1. The first-order valence-electron chi connectivity index (χ1n) is 9.64. The lowest BCUT2D eigenvalue weighted by molar-refractivity contribution is -0.0715. The second-order valence-electron chi connectivity index (χ2n) is 7.87. The molecule has 2 aliphatic heterocycles. The molecule has 2 aromatic rings. The molecular weight excluding hydrogens is 328 g/mol. The Morgan fingerprint density at radius 1 is 1.31 bits per heavy atom. The van der Waals surface area contributed by atoms with Crippen LogP contribution in [-0.2, 0) is 4.74 Å². The lowest BCUT2D eigenvalue weighted by atomic mass is 10.1. The highest BCUT2D eigenvalue weighted by molar-refractivity contribution is 5.93. The molecule has 2 fully saturated rings. The number of aromatic nitrogens is 2. The molecule has 4 heterocycles. The fourth-order valence-corrected chi connectivity index (χ4v) is 4.36. The summed E-state index contributed by atoms with van der Waals surface area (Å²) in [4.78, 5) is 22.1. The average molecular weight is 356 g/mol. The monoisotopic (exact) mass is 356 g/mol. The van der Waals surface area contributed by atoms with Gasteiger partial charge in [-0.05, 0) is 51.3 Å². The number of morpholine rings is 1. The van der Waals surface area contributed by atoms with Gasteiger partial charge in [-0.15, -0.1) is 0 Å². The van der Waals surface area contributed by atoms with Crippen LogP contribution in [0.15, 0.2) is 24.5 Å². The van der Waals surface area contributed by atoms with E-state index in [-0.39, 0.29) is 24.2 Å². The van der Waals surface area contributed by atoms with Gasteiger partial charge >= 0.3 is 0 Å². The molecule has 0 bridgehead atoms. The Hall–Kier alpha value is -1.92. The number of nitrogens with zero attached hydrogens (tertiary/aromatic N) is 4. The molecule has 4 rings (SSSR count). The number of ether oxygens (including phenoxy) is 1. The van der Waals surface area contributed by atoms with E-state index in [0.717, 1.165) is 50.2 Å². The third-order valence-corrected chi connectivity index (χ3v) is 5.44. The van der Waals surface area contributed by atoms with Crippen LogP contribution in [0.4, 0.5) is 0 Å². The van der Waals surface area contributed by atoms with Gasteiger partial charge in [-0.1, -0.05) is 0 Å². The second kappa shape index (κ2) is 7.00. The van der Waals surface area contributed by atoms with Crippen molar-refractivity contribution < 1.29 is 9.53 Å². The molecule has 2 aromatic heterocycles. The number of carbonyl (C=O) groups is 1. The van der Waals surface area contributed by atoms with E-state index in [2.05, 4.69) is 23.7 Å². The van der Waals surface area contributed by atoms with Crippen molar-refractivity contribution in [3.8, 4) is 0 Å². The van der Waals surface area contributed by atoms with Crippen LogP contribution in [0.1, 0.15) is 42.7 Å². The summed E-state index contributed by atoms with van der Waals surface area (Å²) in [5.41, 5.74) is 2.53. The Kier molecular flexibility index (Phi) is 4.71. The summed E-state index contributed by atoms with van der Waals surface area (Å²) in [6, 6.07) is 4.31. The van der Waals surface area contributed by atoms with Crippen molar-refractivity contribution in [3.63, 3.8) is 0 Å². The van der Waals surface area contributed by atoms with Gasteiger partial charge < -0.3 is 14.0 Å². The molecule has 0 spiro atoms. The van der Waals surface area contributed by atoms with Crippen LogP contribution < -0.4 is 0 Å². The first-order chi connectivity index (χ1) is 12.5. The number of hydrogen-bond donors (Lipinski definition) is 0. The van der Waals surface area contributed by atoms with Gasteiger partial charge in [-0.2, -0.15) is 0 Å². The van der Waals surface area contributed by atoms with Crippen LogP contribution in [0.25, 0.3) is 5.65 Å². The number of amides is 1. The van der Waals surface area contributed by atoms with Crippen molar-refractivity contribution in [2.75, 3.05) is 26.2 Å². The van der Waals surface area contributed by atoms with E-state index < -0.39 is 0 Å². The predicted molar refractivity (Wildman–Crippen MR) is 100 cm³/mol. The van der Waals surface area contributed by atoms with E-state index in [1.165, 1.54) is 0 Å². The molecule has 1 amide bonds.